The largest absolute Gasteiger partial charge is 0.468 e. The van der Waals surface area contributed by atoms with Gasteiger partial charge in [0.05, 0.1) is 18.9 Å². The van der Waals surface area contributed by atoms with Gasteiger partial charge >= 0.3 is 0 Å². The summed E-state index contributed by atoms with van der Waals surface area (Å²) in [5.41, 5.74) is 0. The minimum absolute atomic E-state index is 0.0475. The number of furan rings is 1. The number of aliphatic hydroxyl groups excluding tert-OH is 1. The van der Waals surface area contributed by atoms with Gasteiger partial charge in [-0.15, -0.1) is 0 Å². The van der Waals surface area contributed by atoms with Crippen LogP contribution in [0, 0.1) is 0 Å². The van der Waals surface area contributed by atoms with E-state index >= 15 is 0 Å². The van der Waals surface area contributed by atoms with Gasteiger partial charge in [0.15, 0.2) is 0 Å². The molecule has 0 aliphatic carbocycles. The number of rotatable bonds is 4. The Hall–Kier alpha value is -0.450. The normalized spacial score (nSPS) is 23.9. The zero-order valence-electron chi connectivity index (χ0n) is 7.98. The fourth-order valence-corrected chi connectivity index (χ4v) is 2.83. The van der Waals surface area contributed by atoms with E-state index < -0.39 is 0 Å². The summed E-state index contributed by atoms with van der Waals surface area (Å²) in [5.74, 6) is 3.18. The molecule has 3 nitrogen and oxygen atoms in total. The van der Waals surface area contributed by atoms with Gasteiger partial charge in [-0.1, -0.05) is 0 Å². The van der Waals surface area contributed by atoms with Crippen LogP contribution >= 0.6 is 11.8 Å². The van der Waals surface area contributed by atoms with Crippen LogP contribution in [-0.2, 0) is 0 Å². The fourth-order valence-electron chi connectivity index (χ4n) is 1.66. The smallest absolute Gasteiger partial charge is 0.123 e. The van der Waals surface area contributed by atoms with E-state index in [1.54, 1.807) is 6.26 Å². The number of hydrogen-bond acceptors (Lipinski definition) is 4. The van der Waals surface area contributed by atoms with Crippen LogP contribution < -0.4 is 5.32 Å². The van der Waals surface area contributed by atoms with Crippen molar-refractivity contribution in [2.24, 2.45) is 0 Å². The van der Waals surface area contributed by atoms with E-state index in [0.29, 0.717) is 6.04 Å². The third-order valence-electron chi connectivity index (χ3n) is 2.44. The van der Waals surface area contributed by atoms with E-state index in [4.69, 9.17) is 4.42 Å². The monoisotopic (exact) mass is 213 g/mol. The van der Waals surface area contributed by atoms with Crippen molar-refractivity contribution in [2.45, 2.75) is 18.5 Å². The predicted molar refractivity (Wildman–Crippen MR) is 57.4 cm³/mol. The van der Waals surface area contributed by atoms with Gasteiger partial charge in [0, 0.05) is 11.8 Å². The molecule has 0 aromatic carbocycles. The van der Waals surface area contributed by atoms with Crippen LogP contribution in [0.15, 0.2) is 22.8 Å². The molecule has 0 spiro atoms. The molecular weight excluding hydrogens is 198 g/mol. The Morgan fingerprint density at radius 2 is 2.64 bits per heavy atom. The third-order valence-corrected chi connectivity index (χ3v) is 3.60. The fraction of sp³-hybridized carbons (Fsp3) is 0.600. The summed E-state index contributed by atoms with van der Waals surface area (Å²) < 4.78 is 5.27. The van der Waals surface area contributed by atoms with Gasteiger partial charge in [-0.05, 0) is 24.3 Å². The first-order chi connectivity index (χ1) is 6.90. The first-order valence-electron chi connectivity index (χ1n) is 4.88. The van der Waals surface area contributed by atoms with Crippen molar-refractivity contribution in [1.29, 1.82) is 0 Å². The summed E-state index contributed by atoms with van der Waals surface area (Å²) in [4.78, 5) is 0. The molecule has 1 aliphatic rings. The van der Waals surface area contributed by atoms with Crippen molar-refractivity contribution in [3.63, 3.8) is 0 Å². The molecule has 1 saturated heterocycles. The molecule has 4 heteroatoms. The molecule has 2 unspecified atom stereocenters. The van der Waals surface area contributed by atoms with Crippen molar-refractivity contribution in [3.05, 3.63) is 24.2 Å². The Morgan fingerprint density at radius 1 is 1.71 bits per heavy atom. The van der Waals surface area contributed by atoms with E-state index in [-0.39, 0.29) is 12.6 Å². The van der Waals surface area contributed by atoms with Gasteiger partial charge in [-0.3, -0.25) is 0 Å². The highest BCUT2D eigenvalue weighted by molar-refractivity contribution is 7.99. The quantitative estimate of drug-likeness (QED) is 0.793. The topological polar surface area (TPSA) is 45.4 Å². The van der Waals surface area contributed by atoms with Crippen LogP contribution in [0.1, 0.15) is 18.2 Å². The Labute approximate surface area is 87.9 Å². The second kappa shape index (κ2) is 4.87. The summed E-state index contributed by atoms with van der Waals surface area (Å²) in [7, 11) is 0. The SMILES string of the molecule is OCC(NC1CCSC1)c1ccco1. The average Bonchev–Trinajstić information content (AvgIpc) is 2.86. The summed E-state index contributed by atoms with van der Waals surface area (Å²) in [5, 5.41) is 12.6. The molecule has 1 aromatic heterocycles. The molecule has 14 heavy (non-hydrogen) atoms. The lowest BCUT2D eigenvalue weighted by Crippen LogP contribution is -2.34. The molecule has 0 saturated carbocycles. The van der Waals surface area contributed by atoms with Gasteiger partial charge in [-0.25, -0.2) is 0 Å². The lowest BCUT2D eigenvalue weighted by molar-refractivity contribution is 0.217. The molecule has 2 heterocycles. The van der Waals surface area contributed by atoms with Crippen LogP contribution in [0.25, 0.3) is 0 Å². The first kappa shape index (κ1) is 10.1. The second-order valence-electron chi connectivity index (χ2n) is 3.48. The Kier molecular flexibility index (Phi) is 3.50. The highest BCUT2D eigenvalue weighted by Crippen LogP contribution is 2.21. The first-order valence-corrected chi connectivity index (χ1v) is 6.03. The van der Waals surface area contributed by atoms with Crippen molar-refractivity contribution in [1.82, 2.24) is 5.32 Å². The summed E-state index contributed by atoms with van der Waals surface area (Å²) in [6, 6.07) is 4.22. The summed E-state index contributed by atoms with van der Waals surface area (Å²) >= 11 is 1.96. The standard InChI is InChI=1S/C10H15NO2S/c12-6-9(10-2-1-4-13-10)11-8-3-5-14-7-8/h1-2,4,8-9,11-12H,3,5-7H2. The summed E-state index contributed by atoms with van der Waals surface area (Å²) in [6.45, 7) is 0.0919. The highest BCUT2D eigenvalue weighted by atomic mass is 32.2. The molecule has 1 fully saturated rings. The maximum Gasteiger partial charge on any atom is 0.123 e. The maximum absolute atomic E-state index is 9.23. The van der Waals surface area contributed by atoms with Crippen molar-refractivity contribution < 1.29 is 9.52 Å². The molecule has 1 aliphatic heterocycles. The molecular formula is C10H15NO2S. The zero-order valence-corrected chi connectivity index (χ0v) is 8.80. The lowest BCUT2D eigenvalue weighted by atomic mass is 10.2. The van der Waals surface area contributed by atoms with Crippen LogP contribution in [0.3, 0.4) is 0 Å². The molecule has 0 bridgehead atoms. The Bertz CT molecular complexity index is 257. The number of hydrogen-bond donors (Lipinski definition) is 2. The number of thioether (sulfide) groups is 1. The molecule has 1 aromatic rings. The molecule has 0 radical (unpaired) electrons. The van der Waals surface area contributed by atoms with Crippen LogP contribution in [0.5, 0.6) is 0 Å². The minimum atomic E-state index is -0.0475. The Morgan fingerprint density at radius 3 is 3.21 bits per heavy atom. The minimum Gasteiger partial charge on any atom is -0.468 e. The maximum atomic E-state index is 9.23. The second-order valence-corrected chi connectivity index (χ2v) is 4.63. The van der Waals surface area contributed by atoms with E-state index in [1.165, 1.54) is 12.2 Å². The van der Waals surface area contributed by atoms with Crippen molar-refractivity contribution >= 4 is 11.8 Å². The third kappa shape index (κ3) is 2.32. The van der Waals surface area contributed by atoms with E-state index in [2.05, 4.69) is 5.32 Å². The number of aliphatic hydroxyl groups is 1. The zero-order chi connectivity index (χ0) is 9.80. The van der Waals surface area contributed by atoms with Gasteiger partial charge in [0.1, 0.15) is 5.76 Å². The van der Waals surface area contributed by atoms with Crippen LogP contribution in [0.4, 0.5) is 0 Å². The van der Waals surface area contributed by atoms with E-state index in [0.717, 1.165) is 11.5 Å². The average molecular weight is 213 g/mol. The van der Waals surface area contributed by atoms with Crippen molar-refractivity contribution in [2.75, 3.05) is 18.1 Å². The van der Waals surface area contributed by atoms with Gasteiger partial charge < -0.3 is 14.8 Å². The molecule has 0 amide bonds. The Balaban J connectivity index is 1.93. The highest BCUT2D eigenvalue weighted by Gasteiger charge is 2.21. The van der Waals surface area contributed by atoms with Gasteiger partial charge in [0.2, 0.25) is 0 Å². The molecule has 2 atom stereocenters. The molecule has 2 N–H and O–H groups in total. The molecule has 78 valence electrons. The van der Waals surface area contributed by atoms with Crippen LogP contribution in [-0.4, -0.2) is 29.3 Å². The van der Waals surface area contributed by atoms with Gasteiger partial charge in [0.25, 0.3) is 0 Å². The predicted octanol–water partition coefficient (Wildman–Crippen LogP) is 1.41. The van der Waals surface area contributed by atoms with Crippen molar-refractivity contribution in [3.8, 4) is 0 Å². The van der Waals surface area contributed by atoms with Gasteiger partial charge in [-0.2, -0.15) is 11.8 Å². The van der Waals surface area contributed by atoms with Crippen LogP contribution in [0.2, 0.25) is 0 Å². The van der Waals surface area contributed by atoms with E-state index in [1.807, 2.05) is 23.9 Å². The summed E-state index contributed by atoms with van der Waals surface area (Å²) in [6.07, 6.45) is 2.82. The lowest BCUT2D eigenvalue weighted by Gasteiger charge is -2.18. The molecule has 2 rings (SSSR count). The van der Waals surface area contributed by atoms with E-state index in [9.17, 15) is 5.11 Å². The number of nitrogens with one attached hydrogen (secondary N) is 1.